The first-order valence-electron chi connectivity index (χ1n) is 6.64. The summed E-state index contributed by atoms with van der Waals surface area (Å²) in [6, 6.07) is 6.41. The Morgan fingerprint density at radius 1 is 1.45 bits per heavy atom. The maximum atomic E-state index is 13.8. The molecule has 1 rings (SSSR count). The van der Waals surface area contributed by atoms with E-state index in [1.54, 1.807) is 30.2 Å². The fraction of sp³-hybridized carbons (Fsp3) is 0.500. The summed E-state index contributed by atoms with van der Waals surface area (Å²) in [5, 5.41) is 2.72. The number of benzene rings is 1. The maximum Gasteiger partial charge on any atom is 0.239 e. The van der Waals surface area contributed by atoms with Gasteiger partial charge in [-0.25, -0.2) is 4.39 Å². The van der Waals surface area contributed by atoms with Gasteiger partial charge in [0, 0.05) is 20.2 Å². The van der Waals surface area contributed by atoms with E-state index < -0.39 is 0 Å². The lowest BCUT2D eigenvalue weighted by Crippen LogP contribution is -2.39. The number of nitrogens with zero attached hydrogens (tertiary/aromatic N) is 1. The third kappa shape index (κ3) is 5.54. The molecule has 0 spiro atoms. The minimum atomic E-state index is -0.339. The van der Waals surface area contributed by atoms with Crippen molar-refractivity contribution in [2.45, 2.75) is 6.42 Å². The van der Waals surface area contributed by atoms with Crippen LogP contribution in [0.2, 0.25) is 0 Å². The predicted octanol–water partition coefficient (Wildman–Crippen LogP) is 0.743. The van der Waals surface area contributed by atoms with E-state index >= 15 is 0 Å². The first kappa shape index (κ1) is 16.4. The zero-order valence-electron chi connectivity index (χ0n) is 11.8. The van der Waals surface area contributed by atoms with Gasteiger partial charge < -0.3 is 20.7 Å². The van der Waals surface area contributed by atoms with Gasteiger partial charge in [-0.2, -0.15) is 0 Å². The highest BCUT2D eigenvalue weighted by Crippen LogP contribution is 2.18. The summed E-state index contributed by atoms with van der Waals surface area (Å²) in [7, 11) is 1.57. The molecule has 0 aromatic heterocycles. The third-order valence-electron chi connectivity index (χ3n) is 2.79. The Balaban J connectivity index is 2.65. The predicted molar refractivity (Wildman–Crippen MR) is 77.2 cm³/mol. The molecular formula is C14H22FN3O2. The van der Waals surface area contributed by atoms with Crippen molar-refractivity contribution >= 4 is 11.6 Å². The van der Waals surface area contributed by atoms with Crippen LogP contribution in [0, 0.1) is 5.82 Å². The summed E-state index contributed by atoms with van der Waals surface area (Å²) in [5.41, 5.74) is 5.90. The molecule has 3 N–H and O–H groups in total. The molecule has 5 nitrogen and oxygen atoms in total. The van der Waals surface area contributed by atoms with Crippen molar-refractivity contribution in [2.24, 2.45) is 5.73 Å². The lowest BCUT2D eigenvalue weighted by atomic mass is 10.2. The third-order valence-corrected chi connectivity index (χ3v) is 2.79. The van der Waals surface area contributed by atoms with Crippen LogP contribution in [0.4, 0.5) is 10.1 Å². The molecule has 0 fully saturated rings. The van der Waals surface area contributed by atoms with Crippen molar-refractivity contribution in [3.05, 3.63) is 30.1 Å². The van der Waals surface area contributed by atoms with Gasteiger partial charge in [0.25, 0.3) is 0 Å². The van der Waals surface area contributed by atoms with Crippen LogP contribution in [0.15, 0.2) is 24.3 Å². The van der Waals surface area contributed by atoms with E-state index in [1.807, 2.05) is 0 Å². The summed E-state index contributed by atoms with van der Waals surface area (Å²) in [6.45, 7) is 2.03. The second kappa shape index (κ2) is 9.28. The van der Waals surface area contributed by atoms with E-state index in [2.05, 4.69) is 5.32 Å². The van der Waals surface area contributed by atoms with Crippen LogP contribution in [0.1, 0.15) is 6.42 Å². The number of rotatable bonds is 9. The fourth-order valence-corrected chi connectivity index (χ4v) is 1.80. The lowest BCUT2D eigenvalue weighted by Gasteiger charge is -2.24. The SMILES string of the molecule is COCCNC(=O)CN(CCCN)c1ccccc1F. The minimum absolute atomic E-state index is 0.102. The number of nitrogens with one attached hydrogen (secondary N) is 1. The highest BCUT2D eigenvalue weighted by molar-refractivity contribution is 5.81. The Kier molecular flexibility index (Phi) is 7.60. The number of hydrogen-bond acceptors (Lipinski definition) is 4. The quantitative estimate of drug-likeness (QED) is 0.656. The van der Waals surface area contributed by atoms with Crippen molar-refractivity contribution in [3.63, 3.8) is 0 Å². The lowest BCUT2D eigenvalue weighted by molar-refractivity contribution is -0.119. The summed E-state index contributed by atoms with van der Waals surface area (Å²) in [6.07, 6.45) is 0.694. The molecule has 0 heterocycles. The zero-order chi connectivity index (χ0) is 14.8. The van der Waals surface area contributed by atoms with E-state index in [0.29, 0.717) is 38.3 Å². The number of carbonyl (C=O) groups excluding carboxylic acids is 1. The van der Waals surface area contributed by atoms with Gasteiger partial charge in [-0.05, 0) is 25.1 Å². The largest absolute Gasteiger partial charge is 0.383 e. The molecule has 20 heavy (non-hydrogen) atoms. The summed E-state index contributed by atoms with van der Waals surface area (Å²) >= 11 is 0. The minimum Gasteiger partial charge on any atom is -0.383 e. The van der Waals surface area contributed by atoms with Gasteiger partial charge in [-0.3, -0.25) is 4.79 Å². The molecule has 0 saturated carbocycles. The first-order chi connectivity index (χ1) is 9.69. The van der Waals surface area contributed by atoms with Crippen molar-refractivity contribution in [1.82, 2.24) is 5.32 Å². The van der Waals surface area contributed by atoms with Crippen molar-refractivity contribution in [3.8, 4) is 0 Å². The molecular weight excluding hydrogens is 261 g/mol. The number of amides is 1. The van der Waals surface area contributed by atoms with Gasteiger partial charge in [0.05, 0.1) is 18.8 Å². The molecule has 112 valence electrons. The van der Waals surface area contributed by atoms with Crippen LogP contribution in [-0.4, -0.2) is 45.8 Å². The Labute approximate surface area is 118 Å². The molecule has 1 amide bonds. The number of halogens is 1. The number of methoxy groups -OCH3 is 1. The number of nitrogens with two attached hydrogens (primary N) is 1. The van der Waals surface area contributed by atoms with Crippen LogP contribution in [0.3, 0.4) is 0 Å². The number of ether oxygens (including phenoxy) is 1. The molecule has 0 aliphatic carbocycles. The summed E-state index contributed by atoms with van der Waals surface area (Å²) in [4.78, 5) is 13.5. The molecule has 0 aliphatic heterocycles. The number of hydrogen-bond donors (Lipinski definition) is 2. The average Bonchev–Trinajstić information content (AvgIpc) is 2.44. The number of carbonyl (C=O) groups is 1. The number of anilines is 1. The van der Waals surface area contributed by atoms with Gasteiger partial charge in [0.1, 0.15) is 5.82 Å². The average molecular weight is 283 g/mol. The Hall–Kier alpha value is -1.66. The highest BCUT2D eigenvalue weighted by Gasteiger charge is 2.14. The van der Waals surface area contributed by atoms with Crippen molar-refractivity contribution in [1.29, 1.82) is 0 Å². The highest BCUT2D eigenvalue weighted by atomic mass is 19.1. The molecule has 0 atom stereocenters. The van der Waals surface area contributed by atoms with E-state index in [-0.39, 0.29) is 18.3 Å². The van der Waals surface area contributed by atoms with Gasteiger partial charge in [-0.15, -0.1) is 0 Å². The molecule has 0 bridgehead atoms. The van der Waals surface area contributed by atoms with Crippen LogP contribution < -0.4 is 16.0 Å². The molecule has 0 radical (unpaired) electrons. The van der Waals surface area contributed by atoms with Crippen LogP contribution in [0.25, 0.3) is 0 Å². The van der Waals surface area contributed by atoms with Crippen LogP contribution in [0.5, 0.6) is 0 Å². The van der Waals surface area contributed by atoms with Gasteiger partial charge in [0.2, 0.25) is 5.91 Å². The van der Waals surface area contributed by atoms with E-state index in [0.717, 1.165) is 0 Å². The molecule has 1 aromatic carbocycles. The molecule has 0 aliphatic rings. The molecule has 0 saturated heterocycles. The van der Waals surface area contributed by atoms with Gasteiger partial charge in [-0.1, -0.05) is 12.1 Å². The standard InChI is InChI=1S/C14H22FN3O2/c1-20-10-8-17-14(19)11-18(9-4-7-16)13-6-3-2-5-12(13)15/h2-3,5-6H,4,7-11,16H2,1H3,(H,17,19). The molecule has 0 unspecified atom stereocenters. The fourth-order valence-electron chi connectivity index (χ4n) is 1.80. The summed E-state index contributed by atoms with van der Waals surface area (Å²) < 4.78 is 18.7. The topological polar surface area (TPSA) is 67.6 Å². The van der Waals surface area contributed by atoms with E-state index in [9.17, 15) is 9.18 Å². The molecule has 6 heteroatoms. The van der Waals surface area contributed by atoms with E-state index in [4.69, 9.17) is 10.5 Å². The maximum absolute atomic E-state index is 13.8. The van der Waals surface area contributed by atoms with Crippen LogP contribution in [-0.2, 0) is 9.53 Å². The Morgan fingerprint density at radius 2 is 2.20 bits per heavy atom. The van der Waals surface area contributed by atoms with Crippen LogP contribution >= 0.6 is 0 Å². The normalized spacial score (nSPS) is 10.3. The Bertz CT molecular complexity index is 415. The van der Waals surface area contributed by atoms with Crippen molar-refractivity contribution < 1.29 is 13.9 Å². The van der Waals surface area contributed by atoms with Gasteiger partial charge >= 0.3 is 0 Å². The first-order valence-corrected chi connectivity index (χ1v) is 6.64. The second-order valence-electron chi connectivity index (χ2n) is 4.36. The smallest absolute Gasteiger partial charge is 0.239 e. The van der Waals surface area contributed by atoms with E-state index in [1.165, 1.54) is 6.07 Å². The van der Waals surface area contributed by atoms with Crippen molar-refractivity contribution in [2.75, 3.05) is 44.8 Å². The second-order valence-corrected chi connectivity index (χ2v) is 4.36. The zero-order valence-corrected chi connectivity index (χ0v) is 11.8. The number of para-hydroxylation sites is 1. The summed E-state index contributed by atoms with van der Waals surface area (Å²) in [5.74, 6) is -0.503. The van der Waals surface area contributed by atoms with Gasteiger partial charge in [0.15, 0.2) is 0 Å². The molecule has 1 aromatic rings. The Morgan fingerprint density at radius 3 is 2.85 bits per heavy atom. The monoisotopic (exact) mass is 283 g/mol.